The number of hydrogen-bond donors (Lipinski definition) is 1. The van der Waals surface area contributed by atoms with Crippen LogP contribution in [0.3, 0.4) is 0 Å². The molecule has 0 unspecified atom stereocenters. The number of carbonyl (C=O) groups excluding carboxylic acids is 1. The standard InChI is InChI=1S/C13H10N4O3/c1-8-7-10(17-20-8)11(18)14-13-16-15-12(19-13)9-5-3-2-4-6-9/h2-7H,1H3,(H,14,16,18). The second-order valence-corrected chi connectivity index (χ2v) is 4.06. The molecule has 0 aliphatic rings. The molecule has 0 aliphatic carbocycles. The molecule has 7 heteroatoms. The lowest BCUT2D eigenvalue weighted by atomic mass is 10.2. The van der Waals surface area contributed by atoms with E-state index < -0.39 is 5.91 Å². The first-order chi connectivity index (χ1) is 9.72. The van der Waals surface area contributed by atoms with E-state index in [4.69, 9.17) is 8.94 Å². The van der Waals surface area contributed by atoms with Crippen molar-refractivity contribution >= 4 is 11.9 Å². The highest BCUT2D eigenvalue weighted by Gasteiger charge is 2.15. The normalized spacial score (nSPS) is 10.4. The Morgan fingerprint density at radius 1 is 1.20 bits per heavy atom. The van der Waals surface area contributed by atoms with Crippen molar-refractivity contribution in [2.24, 2.45) is 0 Å². The summed E-state index contributed by atoms with van der Waals surface area (Å²) < 4.78 is 10.2. The Morgan fingerprint density at radius 2 is 2.00 bits per heavy atom. The second kappa shape index (κ2) is 4.96. The number of nitrogens with one attached hydrogen (secondary N) is 1. The van der Waals surface area contributed by atoms with Gasteiger partial charge in [0.25, 0.3) is 5.91 Å². The van der Waals surface area contributed by atoms with Gasteiger partial charge in [-0.2, -0.15) is 0 Å². The Kier molecular flexibility index (Phi) is 3.00. The van der Waals surface area contributed by atoms with Gasteiger partial charge in [-0.1, -0.05) is 28.5 Å². The summed E-state index contributed by atoms with van der Waals surface area (Å²) in [7, 11) is 0. The molecule has 0 fully saturated rings. The highest BCUT2D eigenvalue weighted by atomic mass is 16.5. The summed E-state index contributed by atoms with van der Waals surface area (Å²) >= 11 is 0. The van der Waals surface area contributed by atoms with Gasteiger partial charge in [-0.3, -0.25) is 10.1 Å². The van der Waals surface area contributed by atoms with Crippen LogP contribution in [0.2, 0.25) is 0 Å². The molecule has 0 radical (unpaired) electrons. The van der Waals surface area contributed by atoms with Crippen molar-refractivity contribution in [2.75, 3.05) is 5.32 Å². The molecule has 1 aromatic carbocycles. The van der Waals surface area contributed by atoms with E-state index in [1.165, 1.54) is 6.07 Å². The van der Waals surface area contributed by atoms with Gasteiger partial charge < -0.3 is 8.94 Å². The van der Waals surface area contributed by atoms with Crippen molar-refractivity contribution in [1.29, 1.82) is 0 Å². The first-order valence-electron chi connectivity index (χ1n) is 5.86. The predicted molar refractivity (Wildman–Crippen MR) is 68.9 cm³/mol. The molecule has 7 nitrogen and oxygen atoms in total. The topological polar surface area (TPSA) is 94.1 Å². The van der Waals surface area contributed by atoms with Crippen molar-refractivity contribution in [3.8, 4) is 11.5 Å². The van der Waals surface area contributed by atoms with Crippen LogP contribution in [0.1, 0.15) is 16.2 Å². The Morgan fingerprint density at radius 3 is 2.70 bits per heavy atom. The highest BCUT2D eigenvalue weighted by Crippen LogP contribution is 2.19. The number of aromatic nitrogens is 3. The third-order valence-corrected chi connectivity index (χ3v) is 2.53. The third kappa shape index (κ3) is 2.41. The lowest BCUT2D eigenvalue weighted by Gasteiger charge is -1.95. The van der Waals surface area contributed by atoms with E-state index in [2.05, 4.69) is 20.7 Å². The van der Waals surface area contributed by atoms with Crippen molar-refractivity contribution in [3.63, 3.8) is 0 Å². The van der Waals surface area contributed by atoms with Crippen LogP contribution in [0.4, 0.5) is 6.01 Å². The largest absolute Gasteiger partial charge is 0.403 e. The Labute approximate surface area is 113 Å². The monoisotopic (exact) mass is 270 g/mol. The number of benzene rings is 1. The van der Waals surface area contributed by atoms with E-state index in [9.17, 15) is 4.79 Å². The van der Waals surface area contributed by atoms with E-state index in [0.717, 1.165) is 5.56 Å². The van der Waals surface area contributed by atoms with Gasteiger partial charge in [0.05, 0.1) is 0 Å². The van der Waals surface area contributed by atoms with Gasteiger partial charge in [-0.25, -0.2) is 0 Å². The summed E-state index contributed by atoms with van der Waals surface area (Å²) in [5, 5.41) is 13.7. The number of rotatable bonds is 3. The van der Waals surface area contributed by atoms with Crippen LogP contribution in [0, 0.1) is 6.92 Å². The first kappa shape index (κ1) is 12.1. The fraction of sp³-hybridized carbons (Fsp3) is 0.0769. The third-order valence-electron chi connectivity index (χ3n) is 2.53. The lowest BCUT2D eigenvalue weighted by molar-refractivity contribution is 0.101. The molecule has 1 amide bonds. The molecule has 3 aromatic rings. The van der Waals surface area contributed by atoms with Crippen LogP contribution in [0.5, 0.6) is 0 Å². The maximum Gasteiger partial charge on any atom is 0.322 e. The van der Waals surface area contributed by atoms with Crippen LogP contribution >= 0.6 is 0 Å². The van der Waals surface area contributed by atoms with Crippen LogP contribution in [-0.2, 0) is 0 Å². The fourth-order valence-corrected chi connectivity index (χ4v) is 1.61. The summed E-state index contributed by atoms with van der Waals surface area (Å²) in [6.45, 7) is 1.70. The van der Waals surface area contributed by atoms with Gasteiger partial charge in [0.1, 0.15) is 5.76 Å². The van der Waals surface area contributed by atoms with Gasteiger partial charge in [-0.05, 0) is 19.1 Å². The molecule has 2 heterocycles. The number of anilines is 1. The number of carbonyl (C=O) groups is 1. The van der Waals surface area contributed by atoms with Crippen LogP contribution in [0.25, 0.3) is 11.5 Å². The van der Waals surface area contributed by atoms with E-state index >= 15 is 0 Å². The summed E-state index contributed by atoms with van der Waals surface area (Å²) in [5.74, 6) is 0.410. The van der Waals surface area contributed by atoms with Crippen LogP contribution in [-0.4, -0.2) is 21.3 Å². The Bertz CT molecular complexity index is 733. The summed E-state index contributed by atoms with van der Waals surface area (Å²) in [4.78, 5) is 11.8. The van der Waals surface area contributed by atoms with Gasteiger partial charge in [-0.15, -0.1) is 5.10 Å². The predicted octanol–water partition coefficient (Wildman–Crippen LogP) is 2.29. The molecule has 0 saturated carbocycles. The molecule has 0 aliphatic heterocycles. The minimum atomic E-state index is -0.467. The minimum absolute atomic E-state index is 0.00880. The van der Waals surface area contributed by atoms with Gasteiger partial charge in [0.15, 0.2) is 5.69 Å². The lowest BCUT2D eigenvalue weighted by Crippen LogP contribution is -2.12. The molecular weight excluding hydrogens is 260 g/mol. The van der Waals surface area contributed by atoms with Gasteiger partial charge in [0, 0.05) is 11.6 Å². The zero-order chi connectivity index (χ0) is 13.9. The maximum absolute atomic E-state index is 11.8. The maximum atomic E-state index is 11.8. The molecule has 0 atom stereocenters. The zero-order valence-corrected chi connectivity index (χ0v) is 10.5. The highest BCUT2D eigenvalue weighted by molar-refractivity contribution is 6.01. The second-order valence-electron chi connectivity index (χ2n) is 4.06. The van der Waals surface area contributed by atoms with Crippen LogP contribution in [0.15, 0.2) is 45.3 Å². The molecule has 0 spiro atoms. The van der Waals surface area contributed by atoms with E-state index in [1.54, 1.807) is 6.92 Å². The molecule has 20 heavy (non-hydrogen) atoms. The van der Waals surface area contributed by atoms with E-state index in [0.29, 0.717) is 11.7 Å². The molecule has 1 N–H and O–H groups in total. The quantitative estimate of drug-likeness (QED) is 0.784. The first-order valence-corrected chi connectivity index (χ1v) is 5.86. The van der Waals surface area contributed by atoms with Crippen molar-refractivity contribution in [2.45, 2.75) is 6.92 Å². The Balaban J connectivity index is 1.76. The van der Waals surface area contributed by atoms with Crippen molar-refractivity contribution in [1.82, 2.24) is 15.4 Å². The molecule has 3 rings (SSSR count). The van der Waals surface area contributed by atoms with Gasteiger partial charge >= 0.3 is 6.01 Å². The number of aryl methyl sites for hydroxylation is 1. The summed E-state index contributed by atoms with van der Waals surface area (Å²) in [5.41, 5.74) is 0.930. The average Bonchev–Trinajstić information content (AvgIpc) is 3.09. The van der Waals surface area contributed by atoms with E-state index in [1.807, 2.05) is 30.3 Å². The van der Waals surface area contributed by atoms with Crippen LogP contribution < -0.4 is 5.32 Å². The van der Waals surface area contributed by atoms with Crippen molar-refractivity contribution in [3.05, 3.63) is 47.9 Å². The summed E-state index contributed by atoms with van der Waals surface area (Å²) in [6.07, 6.45) is 0. The fourth-order valence-electron chi connectivity index (χ4n) is 1.61. The van der Waals surface area contributed by atoms with Crippen molar-refractivity contribution < 1.29 is 13.7 Å². The summed E-state index contributed by atoms with van der Waals surface area (Å²) in [6, 6.07) is 10.8. The molecule has 0 saturated heterocycles. The number of hydrogen-bond acceptors (Lipinski definition) is 6. The Hall–Kier alpha value is -2.96. The molecule has 100 valence electrons. The smallest absolute Gasteiger partial charge is 0.322 e. The average molecular weight is 270 g/mol. The number of amides is 1. The minimum Gasteiger partial charge on any atom is -0.403 e. The molecule has 0 bridgehead atoms. The number of nitrogens with zero attached hydrogens (tertiary/aromatic N) is 3. The van der Waals surface area contributed by atoms with E-state index in [-0.39, 0.29) is 11.7 Å². The molecular formula is C13H10N4O3. The zero-order valence-electron chi connectivity index (χ0n) is 10.5. The van der Waals surface area contributed by atoms with Gasteiger partial charge in [0.2, 0.25) is 5.89 Å². The molecule has 2 aromatic heterocycles. The SMILES string of the molecule is Cc1cc(C(=O)Nc2nnc(-c3ccccc3)o2)no1.